The third-order valence-corrected chi connectivity index (χ3v) is 3.54. The molecule has 0 unspecified atom stereocenters. The number of benzene rings is 2. The Kier molecular flexibility index (Phi) is 3.75. The van der Waals surface area contributed by atoms with Gasteiger partial charge in [-0.15, -0.1) is 0 Å². The molecule has 2 aromatic carbocycles. The van der Waals surface area contributed by atoms with Crippen molar-refractivity contribution in [2.24, 2.45) is 0 Å². The SMILES string of the molecule is COC(=O)c1cc2c(cc1OC(C)C)OCc1ccccc1-2. The fourth-order valence-electron chi connectivity index (χ4n) is 2.58. The summed E-state index contributed by atoms with van der Waals surface area (Å²) in [5.41, 5.74) is 3.47. The molecular formula is C18H18O4. The van der Waals surface area contributed by atoms with E-state index in [2.05, 4.69) is 0 Å². The molecule has 0 atom stereocenters. The third kappa shape index (κ3) is 2.52. The number of esters is 1. The van der Waals surface area contributed by atoms with Crippen LogP contribution in [0.3, 0.4) is 0 Å². The zero-order valence-electron chi connectivity index (χ0n) is 12.9. The molecule has 114 valence electrons. The van der Waals surface area contributed by atoms with Crippen LogP contribution < -0.4 is 9.47 Å². The van der Waals surface area contributed by atoms with E-state index in [4.69, 9.17) is 14.2 Å². The molecule has 3 rings (SSSR count). The molecule has 0 spiro atoms. The lowest BCUT2D eigenvalue weighted by Crippen LogP contribution is -2.13. The maximum Gasteiger partial charge on any atom is 0.341 e. The van der Waals surface area contributed by atoms with E-state index in [1.165, 1.54) is 7.11 Å². The van der Waals surface area contributed by atoms with E-state index in [1.807, 2.05) is 38.1 Å². The standard InChI is InChI=1S/C18H18O4/c1-11(2)22-17-9-16-14(8-15(17)18(19)20-3)13-7-5-4-6-12(13)10-21-16/h4-9,11H,10H2,1-3H3. The van der Waals surface area contributed by atoms with Crippen LogP contribution >= 0.6 is 0 Å². The van der Waals surface area contributed by atoms with Gasteiger partial charge in [0.15, 0.2) is 0 Å². The van der Waals surface area contributed by atoms with Gasteiger partial charge in [-0.05, 0) is 31.0 Å². The minimum Gasteiger partial charge on any atom is -0.490 e. The molecule has 0 bridgehead atoms. The van der Waals surface area contributed by atoms with Gasteiger partial charge < -0.3 is 14.2 Å². The summed E-state index contributed by atoms with van der Waals surface area (Å²) in [7, 11) is 1.37. The summed E-state index contributed by atoms with van der Waals surface area (Å²) in [6.07, 6.45) is -0.0441. The van der Waals surface area contributed by atoms with Crippen molar-refractivity contribution in [3.05, 3.63) is 47.5 Å². The van der Waals surface area contributed by atoms with Gasteiger partial charge in [-0.1, -0.05) is 24.3 Å². The average molecular weight is 298 g/mol. The van der Waals surface area contributed by atoms with E-state index < -0.39 is 5.97 Å². The molecule has 4 heteroatoms. The van der Waals surface area contributed by atoms with Crippen LogP contribution in [0.4, 0.5) is 0 Å². The Labute approximate surface area is 129 Å². The topological polar surface area (TPSA) is 44.8 Å². The van der Waals surface area contributed by atoms with Crippen LogP contribution in [0.2, 0.25) is 0 Å². The van der Waals surface area contributed by atoms with Gasteiger partial charge in [0.1, 0.15) is 23.7 Å². The zero-order valence-corrected chi connectivity index (χ0v) is 12.9. The van der Waals surface area contributed by atoms with Crippen LogP contribution in [0.25, 0.3) is 11.1 Å². The van der Waals surface area contributed by atoms with Gasteiger partial charge >= 0.3 is 5.97 Å². The summed E-state index contributed by atoms with van der Waals surface area (Å²) in [5.74, 6) is 0.795. The van der Waals surface area contributed by atoms with E-state index in [0.29, 0.717) is 17.9 Å². The summed E-state index contributed by atoms with van der Waals surface area (Å²) in [4.78, 5) is 12.1. The van der Waals surface area contributed by atoms with Crippen LogP contribution in [0.5, 0.6) is 11.5 Å². The van der Waals surface area contributed by atoms with Crippen molar-refractivity contribution in [1.29, 1.82) is 0 Å². The van der Waals surface area contributed by atoms with Gasteiger partial charge in [0.2, 0.25) is 0 Å². The minimum atomic E-state index is -0.415. The first-order valence-corrected chi connectivity index (χ1v) is 7.24. The number of rotatable bonds is 3. The molecule has 1 aliphatic heterocycles. The highest BCUT2D eigenvalue weighted by Gasteiger charge is 2.23. The van der Waals surface area contributed by atoms with Crippen LogP contribution in [0, 0.1) is 0 Å². The normalized spacial score (nSPS) is 12.2. The second-order valence-corrected chi connectivity index (χ2v) is 5.45. The van der Waals surface area contributed by atoms with Crippen LogP contribution in [0.1, 0.15) is 29.8 Å². The maximum atomic E-state index is 12.1. The van der Waals surface area contributed by atoms with Gasteiger partial charge in [0, 0.05) is 11.6 Å². The Hall–Kier alpha value is -2.49. The molecule has 0 radical (unpaired) electrons. The zero-order chi connectivity index (χ0) is 15.7. The summed E-state index contributed by atoms with van der Waals surface area (Å²) in [6.45, 7) is 4.34. The number of carbonyl (C=O) groups is 1. The van der Waals surface area contributed by atoms with E-state index in [0.717, 1.165) is 22.4 Å². The molecule has 0 amide bonds. The van der Waals surface area contributed by atoms with E-state index in [9.17, 15) is 4.79 Å². The number of hydrogen-bond donors (Lipinski definition) is 0. The van der Waals surface area contributed by atoms with Crippen molar-refractivity contribution in [1.82, 2.24) is 0 Å². The van der Waals surface area contributed by atoms with Gasteiger partial charge in [-0.3, -0.25) is 0 Å². The highest BCUT2D eigenvalue weighted by molar-refractivity contribution is 5.95. The molecular weight excluding hydrogens is 280 g/mol. The van der Waals surface area contributed by atoms with Crippen molar-refractivity contribution in [2.75, 3.05) is 7.11 Å². The molecule has 0 aliphatic carbocycles. The molecule has 4 nitrogen and oxygen atoms in total. The first-order chi connectivity index (χ1) is 10.6. The summed E-state index contributed by atoms with van der Waals surface area (Å²) >= 11 is 0. The van der Waals surface area contributed by atoms with Crippen molar-refractivity contribution in [2.45, 2.75) is 26.6 Å². The van der Waals surface area contributed by atoms with E-state index in [-0.39, 0.29) is 6.10 Å². The Balaban J connectivity index is 2.17. The Morgan fingerprint density at radius 1 is 1.18 bits per heavy atom. The van der Waals surface area contributed by atoms with Crippen molar-refractivity contribution < 1.29 is 19.0 Å². The molecule has 0 saturated carbocycles. The lowest BCUT2D eigenvalue weighted by Gasteiger charge is -2.23. The molecule has 22 heavy (non-hydrogen) atoms. The number of carbonyl (C=O) groups excluding carboxylic acids is 1. The fraction of sp³-hybridized carbons (Fsp3) is 0.278. The molecule has 1 aliphatic rings. The van der Waals surface area contributed by atoms with Crippen LogP contribution in [-0.2, 0) is 11.3 Å². The largest absolute Gasteiger partial charge is 0.490 e. The molecule has 0 aromatic heterocycles. The van der Waals surface area contributed by atoms with Gasteiger partial charge in [0.05, 0.1) is 13.2 Å². The van der Waals surface area contributed by atoms with Crippen molar-refractivity contribution in [3.63, 3.8) is 0 Å². The van der Waals surface area contributed by atoms with E-state index in [1.54, 1.807) is 12.1 Å². The maximum absolute atomic E-state index is 12.1. The second kappa shape index (κ2) is 5.72. The number of hydrogen-bond acceptors (Lipinski definition) is 4. The smallest absolute Gasteiger partial charge is 0.341 e. The van der Waals surface area contributed by atoms with Gasteiger partial charge in [-0.25, -0.2) is 4.79 Å². The lowest BCUT2D eigenvalue weighted by molar-refractivity contribution is 0.0594. The quantitative estimate of drug-likeness (QED) is 0.808. The minimum absolute atomic E-state index is 0.0441. The van der Waals surface area contributed by atoms with Gasteiger partial charge in [-0.2, -0.15) is 0 Å². The Morgan fingerprint density at radius 2 is 1.95 bits per heavy atom. The molecule has 2 aromatic rings. The molecule has 1 heterocycles. The highest BCUT2D eigenvalue weighted by atomic mass is 16.5. The predicted octanol–water partition coefficient (Wildman–Crippen LogP) is 3.82. The number of methoxy groups -OCH3 is 1. The highest BCUT2D eigenvalue weighted by Crippen LogP contribution is 2.41. The van der Waals surface area contributed by atoms with Crippen LogP contribution in [0.15, 0.2) is 36.4 Å². The molecule has 0 saturated heterocycles. The van der Waals surface area contributed by atoms with Crippen molar-refractivity contribution in [3.8, 4) is 22.6 Å². The lowest BCUT2D eigenvalue weighted by atomic mass is 9.95. The second-order valence-electron chi connectivity index (χ2n) is 5.45. The first kappa shape index (κ1) is 14.4. The number of ether oxygens (including phenoxy) is 3. The monoisotopic (exact) mass is 298 g/mol. The van der Waals surface area contributed by atoms with Crippen molar-refractivity contribution >= 4 is 5.97 Å². The van der Waals surface area contributed by atoms with E-state index >= 15 is 0 Å². The Morgan fingerprint density at radius 3 is 2.68 bits per heavy atom. The average Bonchev–Trinajstić information content (AvgIpc) is 2.52. The van der Waals surface area contributed by atoms with Gasteiger partial charge in [0.25, 0.3) is 0 Å². The number of fused-ring (bicyclic) bond motifs is 3. The predicted molar refractivity (Wildman–Crippen MR) is 83.3 cm³/mol. The Bertz CT molecular complexity index is 719. The summed E-state index contributed by atoms with van der Waals surface area (Å²) in [5, 5.41) is 0. The van der Waals surface area contributed by atoms with Crippen LogP contribution in [-0.4, -0.2) is 19.2 Å². The third-order valence-electron chi connectivity index (χ3n) is 3.54. The molecule has 0 N–H and O–H groups in total. The summed E-state index contributed by atoms with van der Waals surface area (Å²) in [6, 6.07) is 11.6. The molecule has 0 fully saturated rings. The first-order valence-electron chi connectivity index (χ1n) is 7.24. The fourth-order valence-corrected chi connectivity index (χ4v) is 2.58. The summed E-state index contributed by atoms with van der Waals surface area (Å²) < 4.78 is 16.4.